The predicted octanol–water partition coefficient (Wildman–Crippen LogP) is 3.23. The number of hydrazone groups is 1. The van der Waals surface area contributed by atoms with Gasteiger partial charge in [-0.25, -0.2) is 5.43 Å². The lowest BCUT2D eigenvalue weighted by molar-refractivity contribution is 0.0954. The highest BCUT2D eigenvalue weighted by Crippen LogP contribution is 2.27. The van der Waals surface area contributed by atoms with Crippen molar-refractivity contribution in [2.45, 2.75) is 6.92 Å². The number of pyridine rings is 1. The molecule has 0 fully saturated rings. The number of nitrogens with one attached hydrogen (secondary N) is 1. The Morgan fingerprint density at radius 3 is 2.90 bits per heavy atom. The van der Waals surface area contributed by atoms with Crippen LogP contribution in [0.1, 0.15) is 21.6 Å². The number of hydrogen-bond acceptors (Lipinski definition) is 4. The Kier molecular flexibility index (Phi) is 5.29. The molecule has 0 radical (unpaired) electrons. The van der Waals surface area contributed by atoms with Gasteiger partial charge in [0.05, 0.1) is 15.3 Å². The van der Waals surface area contributed by atoms with Gasteiger partial charge in [0, 0.05) is 21.9 Å². The minimum atomic E-state index is -0.358. The van der Waals surface area contributed by atoms with Crippen molar-refractivity contribution in [3.63, 3.8) is 0 Å². The summed E-state index contributed by atoms with van der Waals surface area (Å²) in [6.07, 6.45) is 2.88. The van der Waals surface area contributed by atoms with E-state index in [1.54, 1.807) is 24.3 Å². The Morgan fingerprint density at radius 2 is 2.24 bits per heavy atom. The molecule has 0 aliphatic carbocycles. The molecule has 0 aliphatic heterocycles. The van der Waals surface area contributed by atoms with Crippen LogP contribution in [0.15, 0.2) is 40.0 Å². The van der Waals surface area contributed by atoms with E-state index in [1.807, 2.05) is 29.5 Å². The van der Waals surface area contributed by atoms with E-state index in [0.717, 1.165) is 10.2 Å². The zero-order valence-corrected chi connectivity index (χ0v) is 14.7. The van der Waals surface area contributed by atoms with E-state index in [9.17, 15) is 9.90 Å². The Hall–Kier alpha value is -1.48. The number of benzene rings is 1. The number of aromatic hydroxyl groups is 1. The first kappa shape index (κ1) is 15.9. The molecule has 1 aromatic heterocycles. The van der Waals surface area contributed by atoms with Gasteiger partial charge in [0.15, 0.2) is 0 Å². The number of phenolic OH excluding ortho intramolecular Hbond substituents is 1. The van der Waals surface area contributed by atoms with Gasteiger partial charge in [-0.2, -0.15) is 5.10 Å². The average Bonchev–Trinajstić information content (AvgIpc) is 2.44. The van der Waals surface area contributed by atoms with Crippen LogP contribution < -0.4 is 5.43 Å². The van der Waals surface area contributed by atoms with E-state index in [4.69, 9.17) is 0 Å². The maximum atomic E-state index is 11.8. The molecule has 2 N–H and O–H groups in total. The number of hydrogen-bond donors (Lipinski definition) is 2. The van der Waals surface area contributed by atoms with Gasteiger partial charge in [-0.05, 0) is 53.8 Å². The fourth-order valence-corrected chi connectivity index (χ4v) is 3.06. The van der Waals surface area contributed by atoms with Crippen molar-refractivity contribution in [3.8, 4) is 5.75 Å². The quantitative estimate of drug-likeness (QED) is 0.420. The summed E-state index contributed by atoms with van der Waals surface area (Å²) in [7, 11) is 0. The topological polar surface area (TPSA) is 74.6 Å². The SMILES string of the molecule is Cc1ccc(C(=O)N/N=C\c2cc(Br)cc(I)c2O)cn1. The van der Waals surface area contributed by atoms with Crippen LogP contribution in [0, 0.1) is 10.5 Å². The van der Waals surface area contributed by atoms with Crippen LogP contribution in [0.4, 0.5) is 0 Å². The summed E-state index contributed by atoms with van der Waals surface area (Å²) >= 11 is 5.35. The number of rotatable bonds is 3. The van der Waals surface area contributed by atoms with Crippen molar-refractivity contribution in [2.24, 2.45) is 5.10 Å². The van der Waals surface area contributed by atoms with Gasteiger partial charge in [-0.1, -0.05) is 15.9 Å². The number of phenols is 1. The van der Waals surface area contributed by atoms with Crippen LogP contribution in [0.25, 0.3) is 0 Å². The summed E-state index contributed by atoms with van der Waals surface area (Å²) in [6.45, 7) is 1.84. The molecule has 2 rings (SSSR count). The monoisotopic (exact) mass is 459 g/mol. The minimum absolute atomic E-state index is 0.119. The summed E-state index contributed by atoms with van der Waals surface area (Å²) < 4.78 is 1.51. The Labute approximate surface area is 143 Å². The van der Waals surface area contributed by atoms with Crippen LogP contribution in [-0.2, 0) is 0 Å². The van der Waals surface area contributed by atoms with Crippen molar-refractivity contribution < 1.29 is 9.90 Å². The maximum Gasteiger partial charge on any atom is 0.272 e. The molecule has 0 spiro atoms. The number of aryl methyl sites for hydroxylation is 1. The van der Waals surface area contributed by atoms with Crippen LogP contribution >= 0.6 is 38.5 Å². The zero-order valence-electron chi connectivity index (χ0n) is 11.0. The smallest absolute Gasteiger partial charge is 0.272 e. The molecule has 0 atom stereocenters. The van der Waals surface area contributed by atoms with Crippen molar-refractivity contribution >= 4 is 50.6 Å². The summed E-state index contributed by atoms with van der Waals surface area (Å²) in [6, 6.07) is 6.91. The van der Waals surface area contributed by atoms with Crippen molar-refractivity contribution in [1.29, 1.82) is 0 Å². The molecular weight excluding hydrogens is 449 g/mol. The van der Waals surface area contributed by atoms with Gasteiger partial charge in [0.1, 0.15) is 5.75 Å². The second kappa shape index (κ2) is 6.99. The van der Waals surface area contributed by atoms with Crippen LogP contribution in [0.3, 0.4) is 0 Å². The summed E-state index contributed by atoms with van der Waals surface area (Å²) in [5, 5.41) is 13.7. The number of amides is 1. The number of carbonyl (C=O) groups excluding carboxylic acids is 1. The Bertz CT molecular complexity index is 702. The molecule has 21 heavy (non-hydrogen) atoms. The van der Waals surface area contributed by atoms with E-state index in [0.29, 0.717) is 14.7 Å². The zero-order chi connectivity index (χ0) is 15.4. The number of halogens is 2. The molecule has 1 aromatic carbocycles. The second-order valence-electron chi connectivity index (χ2n) is 4.21. The van der Waals surface area contributed by atoms with E-state index in [-0.39, 0.29) is 11.7 Å². The Balaban J connectivity index is 2.09. The first-order valence-electron chi connectivity index (χ1n) is 5.91. The van der Waals surface area contributed by atoms with E-state index < -0.39 is 0 Å². The molecular formula is C14H11BrIN3O2. The third kappa shape index (κ3) is 4.24. The molecule has 7 heteroatoms. The summed E-state index contributed by atoms with van der Waals surface area (Å²) in [4.78, 5) is 15.9. The second-order valence-corrected chi connectivity index (χ2v) is 6.29. The largest absolute Gasteiger partial charge is 0.506 e. The van der Waals surface area contributed by atoms with Crippen LogP contribution in [-0.4, -0.2) is 22.2 Å². The van der Waals surface area contributed by atoms with Gasteiger partial charge < -0.3 is 5.11 Å². The predicted molar refractivity (Wildman–Crippen MR) is 92.6 cm³/mol. The minimum Gasteiger partial charge on any atom is -0.506 e. The summed E-state index contributed by atoms with van der Waals surface area (Å²) in [5.41, 5.74) is 4.16. The Morgan fingerprint density at radius 1 is 1.48 bits per heavy atom. The van der Waals surface area contributed by atoms with Crippen molar-refractivity contribution in [2.75, 3.05) is 0 Å². The molecule has 0 saturated heterocycles. The molecule has 5 nitrogen and oxygen atoms in total. The first-order valence-corrected chi connectivity index (χ1v) is 7.78. The molecule has 108 valence electrons. The van der Waals surface area contributed by atoms with Gasteiger partial charge in [-0.3, -0.25) is 9.78 Å². The van der Waals surface area contributed by atoms with Gasteiger partial charge in [-0.15, -0.1) is 0 Å². The average molecular weight is 460 g/mol. The molecule has 2 aromatic rings. The lowest BCUT2D eigenvalue weighted by Gasteiger charge is -2.03. The lowest BCUT2D eigenvalue weighted by atomic mass is 10.2. The first-order chi connectivity index (χ1) is 9.97. The standard InChI is InChI=1S/C14H11BrIN3O2/c1-8-2-3-9(6-17-8)14(21)19-18-7-10-4-11(15)5-12(16)13(10)20/h2-7,20H,1H3,(H,19,21)/b18-7-. The van der Waals surface area contributed by atoms with E-state index in [2.05, 4.69) is 31.4 Å². The highest BCUT2D eigenvalue weighted by molar-refractivity contribution is 14.1. The molecule has 1 amide bonds. The number of carbonyl (C=O) groups is 1. The van der Waals surface area contributed by atoms with E-state index in [1.165, 1.54) is 12.4 Å². The fraction of sp³-hybridized carbons (Fsp3) is 0.0714. The molecule has 0 saturated carbocycles. The van der Waals surface area contributed by atoms with Crippen molar-refractivity contribution in [3.05, 3.63) is 55.3 Å². The summed E-state index contributed by atoms with van der Waals surface area (Å²) in [5.74, 6) is -0.239. The molecule has 0 bridgehead atoms. The molecule has 1 heterocycles. The van der Waals surface area contributed by atoms with Gasteiger partial charge in [0.25, 0.3) is 5.91 Å². The fourth-order valence-electron chi connectivity index (χ4n) is 1.51. The third-order valence-corrected chi connectivity index (χ3v) is 3.88. The van der Waals surface area contributed by atoms with Crippen molar-refractivity contribution in [1.82, 2.24) is 10.4 Å². The molecule has 0 unspecified atom stereocenters. The number of aromatic nitrogens is 1. The van der Waals surface area contributed by atoms with Crippen LogP contribution in [0.2, 0.25) is 0 Å². The highest BCUT2D eigenvalue weighted by atomic mass is 127. The van der Waals surface area contributed by atoms with Crippen LogP contribution in [0.5, 0.6) is 5.75 Å². The lowest BCUT2D eigenvalue weighted by Crippen LogP contribution is -2.17. The number of nitrogens with zero attached hydrogens (tertiary/aromatic N) is 2. The third-order valence-electron chi connectivity index (χ3n) is 2.60. The van der Waals surface area contributed by atoms with E-state index >= 15 is 0 Å². The van der Waals surface area contributed by atoms with Gasteiger partial charge >= 0.3 is 0 Å². The normalized spacial score (nSPS) is 10.8. The highest BCUT2D eigenvalue weighted by Gasteiger charge is 2.06. The molecule has 0 aliphatic rings. The van der Waals surface area contributed by atoms with Gasteiger partial charge in [0.2, 0.25) is 0 Å². The maximum absolute atomic E-state index is 11.8.